The van der Waals surface area contributed by atoms with Crippen molar-refractivity contribution >= 4 is 35.2 Å². The summed E-state index contributed by atoms with van der Waals surface area (Å²) in [7, 11) is 0. The molecule has 46 heavy (non-hydrogen) atoms. The summed E-state index contributed by atoms with van der Waals surface area (Å²) >= 11 is 6.24. The number of imide groups is 1. The van der Waals surface area contributed by atoms with Gasteiger partial charge in [0, 0.05) is 5.92 Å². The van der Waals surface area contributed by atoms with Gasteiger partial charge >= 0.3 is 12.4 Å². The number of phenolic OH excluding ortho intramolecular Hbond substituents is 1. The van der Waals surface area contributed by atoms with Crippen molar-refractivity contribution in [2.75, 3.05) is 11.5 Å². The van der Waals surface area contributed by atoms with E-state index in [4.69, 9.17) is 11.6 Å². The topological polar surface area (TPSA) is 98.1 Å². The van der Waals surface area contributed by atoms with E-state index in [0.29, 0.717) is 64.4 Å². The standard InChI is InChI=1S/C33H34ClF6NO5/c1-3-5-19-11-24-29(31(46)41(30(24)45)22-13-20(32(35,36)37)12-21(14-22)33(38,39)40)25(16-42)28(19)27(44)9-6-17(4-2)10-18-7-8-23(43)15-26(18)34/h7-8,10,12-15,24-25,27,29,42-44H,3-6,9,11,16H2,1-2H3/b17-10+/t24-,25+,27-,29-/m1/s1. The normalized spacial score (nSPS) is 21.7. The highest BCUT2D eigenvalue weighted by atomic mass is 35.5. The quantitative estimate of drug-likeness (QED) is 0.135. The molecule has 0 aromatic heterocycles. The van der Waals surface area contributed by atoms with Crippen molar-refractivity contribution in [2.24, 2.45) is 17.8 Å². The Bertz CT molecular complexity index is 1520. The van der Waals surface area contributed by atoms with Gasteiger partial charge < -0.3 is 15.3 Å². The predicted octanol–water partition coefficient (Wildman–Crippen LogP) is 7.93. The maximum absolute atomic E-state index is 13.7. The Morgan fingerprint density at radius 2 is 1.65 bits per heavy atom. The number of halogens is 7. The SMILES string of the molecule is CCCC1=C([C@H](O)CC/C(=C/c2ccc(O)cc2Cl)CC)[C@H](CO)[C@@H]2C(=O)N(c3cc(C(F)(F)F)cc(C(F)(F)F)c3)C(=O)[C@@H]2C1. The van der Waals surface area contributed by atoms with E-state index in [1.165, 1.54) is 12.1 Å². The van der Waals surface area contributed by atoms with Crippen LogP contribution in [0.5, 0.6) is 5.75 Å². The number of anilines is 1. The number of aliphatic hydroxyl groups excluding tert-OH is 2. The van der Waals surface area contributed by atoms with Crippen LogP contribution in [0.3, 0.4) is 0 Å². The number of nitrogens with zero attached hydrogens (tertiary/aromatic N) is 1. The average Bonchev–Trinajstić information content (AvgIpc) is 3.23. The minimum absolute atomic E-state index is 0.00372. The summed E-state index contributed by atoms with van der Waals surface area (Å²) in [5.41, 5.74) is -1.63. The Morgan fingerprint density at radius 3 is 2.17 bits per heavy atom. The highest BCUT2D eigenvalue weighted by molar-refractivity contribution is 6.32. The molecule has 0 spiro atoms. The largest absolute Gasteiger partial charge is 0.508 e. The molecule has 0 saturated carbocycles. The third-order valence-corrected chi connectivity index (χ3v) is 8.99. The molecule has 2 aromatic rings. The highest BCUT2D eigenvalue weighted by Gasteiger charge is 2.55. The third kappa shape index (κ3) is 7.29. The van der Waals surface area contributed by atoms with Gasteiger partial charge in [-0.3, -0.25) is 9.59 Å². The van der Waals surface area contributed by atoms with Crippen LogP contribution in [0.15, 0.2) is 53.1 Å². The third-order valence-electron chi connectivity index (χ3n) is 8.66. The number of hydrogen-bond donors (Lipinski definition) is 3. The van der Waals surface area contributed by atoms with Crippen molar-refractivity contribution in [3.63, 3.8) is 0 Å². The van der Waals surface area contributed by atoms with Crippen LogP contribution in [-0.4, -0.2) is 39.8 Å². The lowest BCUT2D eigenvalue weighted by atomic mass is 9.67. The molecule has 1 aliphatic heterocycles. The summed E-state index contributed by atoms with van der Waals surface area (Å²) in [6, 6.07) is 5.12. The summed E-state index contributed by atoms with van der Waals surface area (Å²) < 4.78 is 81.4. The molecule has 1 fully saturated rings. The van der Waals surface area contributed by atoms with Crippen LogP contribution in [-0.2, 0) is 21.9 Å². The molecule has 2 aromatic carbocycles. The second kappa shape index (κ2) is 13.8. The number of aliphatic hydroxyl groups is 2. The van der Waals surface area contributed by atoms with Gasteiger partial charge in [0.15, 0.2) is 0 Å². The summed E-state index contributed by atoms with van der Waals surface area (Å²) in [6.07, 6.45) is -7.61. The van der Waals surface area contributed by atoms with Crippen molar-refractivity contribution in [1.82, 2.24) is 0 Å². The number of phenols is 1. The van der Waals surface area contributed by atoms with E-state index in [0.717, 1.165) is 5.57 Å². The molecule has 3 N–H and O–H groups in total. The number of allylic oxidation sites excluding steroid dienone is 2. The first kappa shape index (κ1) is 35.5. The molecule has 1 saturated heterocycles. The average molecular weight is 674 g/mol. The summed E-state index contributed by atoms with van der Waals surface area (Å²) in [6.45, 7) is 3.08. The van der Waals surface area contributed by atoms with Crippen molar-refractivity contribution < 1.29 is 51.3 Å². The van der Waals surface area contributed by atoms with E-state index in [9.17, 15) is 51.3 Å². The van der Waals surface area contributed by atoms with E-state index in [2.05, 4.69) is 0 Å². The summed E-state index contributed by atoms with van der Waals surface area (Å²) in [5, 5.41) is 31.9. The van der Waals surface area contributed by atoms with Crippen LogP contribution in [0.4, 0.5) is 32.0 Å². The molecular formula is C33H34ClF6NO5. The Morgan fingerprint density at radius 1 is 1.02 bits per heavy atom. The maximum atomic E-state index is 13.7. The van der Waals surface area contributed by atoms with Crippen LogP contribution in [0.1, 0.15) is 69.1 Å². The fraction of sp³-hybridized carbons (Fsp3) is 0.455. The molecule has 1 aliphatic carbocycles. The first-order valence-electron chi connectivity index (χ1n) is 14.9. The summed E-state index contributed by atoms with van der Waals surface area (Å²) in [5.74, 6) is -5.48. The van der Waals surface area contributed by atoms with E-state index in [1.54, 1.807) is 6.07 Å². The molecule has 250 valence electrons. The smallest absolute Gasteiger partial charge is 0.416 e. The molecule has 2 amide bonds. The monoisotopic (exact) mass is 673 g/mol. The molecule has 13 heteroatoms. The number of carbonyl (C=O) groups is 2. The number of amides is 2. The molecule has 4 rings (SSSR count). The van der Waals surface area contributed by atoms with E-state index >= 15 is 0 Å². The van der Waals surface area contributed by atoms with Crippen molar-refractivity contribution in [3.05, 3.63) is 74.8 Å². The minimum Gasteiger partial charge on any atom is -0.508 e. The number of aromatic hydroxyl groups is 1. The number of fused-ring (bicyclic) bond motifs is 1. The number of rotatable bonds is 10. The Labute approximate surface area is 267 Å². The van der Waals surface area contributed by atoms with Gasteiger partial charge in [-0.05, 0) is 79.6 Å². The number of benzene rings is 2. The van der Waals surface area contributed by atoms with Gasteiger partial charge in [-0.25, -0.2) is 4.90 Å². The van der Waals surface area contributed by atoms with Crippen molar-refractivity contribution in [2.45, 2.75) is 70.8 Å². The zero-order chi connectivity index (χ0) is 34.1. The maximum Gasteiger partial charge on any atom is 0.416 e. The van der Waals surface area contributed by atoms with E-state index in [-0.39, 0.29) is 24.7 Å². The van der Waals surface area contributed by atoms with Crippen molar-refractivity contribution in [3.8, 4) is 5.75 Å². The zero-order valence-electron chi connectivity index (χ0n) is 25.1. The summed E-state index contributed by atoms with van der Waals surface area (Å²) in [4.78, 5) is 27.7. The Hall–Kier alpha value is -3.35. The lowest BCUT2D eigenvalue weighted by molar-refractivity contribution is -0.143. The lowest BCUT2D eigenvalue weighted by Gasteiger charge is -2.36. The van der Waals surface area contributed by atoms with Crippen LogP contribution in [0, 0.1) is 17.8 Å². The molecule has 2 aliphatic rings. The number of alkyl halides is 6. The fourth-order valence-electron chi connectivity index (χ4n) is 6.50. The van der Waals surface area contributed by atoms with Crippen molar-refractivity contribution in [1.29, 1.82) is 0 Å². The van der Waals surface area contributed by atoms with Gasteiger partial charge in [0.1, 0.15) is 5.75 Å². The molecule has 4 atom stereocenters. The molecule has 0 unspecified atom stereocenters. The van der Waals surface area contributed by atoms with Gasteiger partial charge in [0.05, 0.1) is 46.4 Å². The minimum atomic E-state index is -5.19. The second-order valence-corrected chi connectivity index (χ2v) is 12.0. The van der Waals surface area contributed by atoms with Gasteiger partial charge in [-0.2, -0.15) is 26.3 Å². The van der Waals surface area contributed by atoms with Gasteiger partial charge in [0.25, 0.3) is 0 Å². The first-order valence-corrected chi connectivity index (χ1v) is 15.2. The Kier molecular flexibility index (Phi) is 10.6. The van der Waals surface area contributed by atoms with Crippen LogP contribution in [0.2, 0.25) is 5.02 Å². The van der Waals surface area contributed by atoms with Crippen LogP contribution >= 0.6 is 11.6 Å². The lowest BCUT2D eigenvalue weighted by Crippen LogP contribution is -2.39. The zero-order valence-corrected chi connectivity index (χ0v) is 25.8. The predicted molar refractivity (Wildman–Crippen MR) is 160 cm³/mol. The van der Waals surface area contributed by atoms with Crippen LogP contribution < -0.4 is 4.90 Å². The number of hydrogen-bond acceptors (Lipinski definition) is 5. The fourth-order valence-corrected chi connectivity index (χ4v) is 6.73. The van der Waals surface area contributed by atoms with Crippen LogP contribution in [0.25, 0.3) is 6.08 Å². The van der Waals surface area contributed by atoms with E-state index < -0.39 is 71.4 Å². The van der Waals surface area contributed by atoms with Gasteiger partial charge in [-0.15, -0.1) is 0 Å². The number of carbonyl (C=O) groups excluding carboxylic acids is 2. The second-order valence-electron chi connectivity index (χ2n) is 11.6. The Balaban J connectivity index is 1.68. The van der Waals surface area contributed by atoms with Gasteiger partial charge in [-0.1, -0.05) is 49.1 Å². The molecule has 0 radical (unpaired) electrons. The first-order chi connectivity index (χ1) is 21.5. The molecule has 1 heterocycles. The highest BCUT2D eigenvalue weighted by Crippen LogP contribution is 2.49. The molecule has 0 bridgehead atoms. The molecular weight excluding hydrogens is 640 g/mol. The molecule has 6 nitrogen and oxygen atoms in total. The van der Waals surface area contributed by atoms with Gasteiger partial charge in [0.2, 0.25) is 11.8 Å². The van der Waals surface area contributed by atoms with E-state index in [1.807, 2.05) is 19.9 Å².